The van der Waals surface area contributed by atoms with Gasteiger partial charge in [0.05, 0.1) is 0 Å². The van der Waals surface area contributed by atoms with Crippen LogP contribution in [0.4, 0.5) is 0 Å². The number of nitrogens with one attached hydrogen (secondary N) is 1. The first-order valence-corrected chi connectivity index (χ1v) is 7.37. The third-order valence-electron chi connectivity index (χ3n) is 3.23. The number of benzene rings is 2. The second-order valence-corrected chi connectivity index (χ2v) is 5.23. The van der Waals surface area contributed by atoms with E-state index in [-0.39, 0.29) is 18.3 Å². The van der Waals surface area contributed by atoms with E-state index in [0.29, 0.717) is 12.3 Å². The minimum atomic E-state index is -0.127. The summed E-state index contributed by atoms with van der Waals surface area (Å²) in [6, 6.07) is 14.8. The zero-order valence-electron chi connectivity index (χ0n) is 12.7. The largest absolute Gasteiger partial charge is 0.508 e. The molecule has 0 heterocycles. The quantitative estimate of drug-likeness (QED) is 0.773. The number of ether oxygens (including phenoxy) is 1. The Labute approximate surface area is 130 Å². The predicted octanol–water partition coefficient (Wildman–Crippen LogP) is 2.83. The van der Waals surface area contributed by atoms with E-state index in [1.54, 1.807) is 12.1 Å². The van der Waals surface area contributed by atoms with Crippen molar-refractivity contribution >= 4 is 5.91 Å². The van der Waals surface area contributed by atoms with Crippen LogP contribution in [-0.2, 0) is 11.2 Å². The Kier molecular flexibility index (Phi) is 5.83. The van der Waals surface area contributed by atoms with E-state index in [2.05, 4.69) is 5.32 Å². The summed E-state index contributed by atoms with van der Waals surface area (Å²) in [5, 5.41) is 12.2. The van der Waals surface area contributed by atoms with Crippen molar-refractivity contribution in [2.45, 2.75) is 19.8 Å². The number of hydrogen-bond donors (Lipinski definition) is 2. The molecule has 0 radical (unpaired) electrons. The van der Waals surface area contributed by atoms with Gasteiger partial charge in [0.15, 0.2) is 6.61 Å². The van der Waals surface area contributed by atoms with Crippen molar-refractivity contribution < 1.29 is 14.6 Å². The van der Waals surface area contributed by atoms with Crippen molar-refractivity contribution in [1.29, 1.82) is 0 Å². The minimum absolute atomic E-state index is 0.0234. The second-order valence-electron chi connectivity index (χ2n) is 5.23. The predicted molar refractivity (Wildman–Crippen MR) is 86.1 cm³/mol. The van der Waals surface area contributed by atoms with Gasteiger partial charge in [-0.3, -0.25) is 4.79 Å². The van der Waals surface area contributed by atoms with Crippen LogP contribution < -0.4 is 10.1 Å². The van der Waals surface area contributed by atoms with E-state index < -0.39 is 0 Å². The smallest absolute Gasteiger partial charge is 0.257 e. The molecule has 0 aliphatic rings. The summed E-state index contributed by atoms with van der Waals surface area (Å²) in [6.07, 6.45) is 1.63. The average Bonchev–Trinajstić information content (AvgIpc) is 2.50. The molecule has 2 aromatic rings. The molecule has 0 spiro atoms. The van der Waals surface area contributed by atoms with Crippen molar-refractivity contribution in [3.63, 3.8) is 0 Å². The number of carbonyl (C=O) groups is 1. The van der Waals surface area contributed by atoms with E-state index >= 15 is 0 Å². The fraction of sp³-hybridized carbons (Fsp3) is 0.278. The lowest BCUT2D eigenvalue weighted by Gasteiger charge is -2.08. The summed E-state index contributed by atoms with van der Waals surface area (Å²) in [5.74, 6) is 0.848. The van der Waals surface area contributed by atoms with Gasteiger partial charge in [0.25, 0.3) is 5.91 Å². The molecule has 4 nitrogen and oxygen atoms in total. The zero-order chi connectivity index (χ0) is 15.8. The molecule has 1 amide bonds. The maximum Gasteiger partial charge on any atom is 0.257 e. The summed E-state index contributed by atoms with van der Waals surface area (Å²) in [5.41, 5.74) is 2.16. The fourth-order valence-corrected chi connectivity index (χ4v) is 2.14. The SMILES string of the molecule is Cc1cccc(OCC(=O)NCCCc2cccc(O)c2)c1. The monoisotopic (exact) mass is 299 g/mol. The fourth-order valence-electron chi connectivity index (χ4n) is 2.14. The highest BCUT2D eigenvalue weighted by atomic mass is 16.5. The number of hydrogen-bond acceptors (Lipinski definition) is 3. The first-order valence-electron chi connectivity index (χ1n) is 7.37. The Hall–Kier alpha value is -2.49. The molecule has 0 unspecified atom stereocenters. The van der Waals surface area contributed by atoms with Crippen LogP contribution in [0.2, 0.25) is 0 Å². The van der Waals surface area contributed by atoms with Crippen LogP contribution in [0, 0.1) is 6.92 Å². The highest BCUT2D eigenvalue weighted by Gasteiger charge is 2.02. The molecule has 22 heavy (non-hydrogen) atoms. The number of phenolic OH excluding ortho intramolecular Hbond substituents is 1. The molecule has 0 atom stereocenters. The summed E-state index contributed by atoms with van der Waals surface area (Å²) in [4.78, 5) is 11.7. The lowest BCUT2D eigenvalue weighted by atomic mass is 10.1. The normalized spacial score (nSPS) is 10.2. The van der Waals surface area contributed by atoms with E-state index in [1.165, 1.54) is 0 Å². The maximum atomic E-state index is 11.7. The summed E-state index contributed by atoms with van der Waals surface area (Å²) in [7, 11) is 0. The molecule has 0 fully saturated rings. The van der Waals surface area contributed by atoms with Crippen molar-refractivity contribution in [3.05, 3.63) is 59.7 Å². The molecule has 0 aliphatic heterocycles. The number of phenols is 1. The van der Waals surface area contributed by atoms with Gasteiger partial charge < -0.3 is 15.2 Å². The molecule has 2 aromatic carbocycles. The summed E-state index contributed by atoms with van der Waals surface area (Å²) >= 11 is 0. The van der Waals surface area contributed by atoms with Crippen LogP contribution in [0.3, 0.4) is 0 Å². The lowest BCUT2D eigenvalue weighted by molar-refractivity contribution is -0.123. The van der Waals surface area contributed by atoms with Crippen molar-refractivity contribution in [2.24, 2.45) is 0 Å². The molecule has 0 aliphatic carbocycles. The third-order valence-corrected chi connectivity index (χ3v) is 3.23. The lowest BCUT2D eigenvalue weighted by Crippen LogP contribution is -2.29. The summed E-state index contributed by atoms with van der Waals surface area (Å²) < 4.78 is 5.43. The molecule has 2 rings (SSSR count). The van der Waals surface area contributed by atoms with E-state index in [1.807, 2.05) is 43.3 Å². The number of amides is 1. The van der Waals surface area contributed by atoms with Crippen LogP contribution in [0.1, 0.15) is 17.5 Å². The summed E-state index contributed by atoms with van der Waals surface area (Å²) in [6.45, 7) is 2.59. The molecule has 0 saturated carbocycles. The molecule has 0 bridgehead atoms. The van der Waals surface area contributed by atoms with Gasteiger partial charge in [0.1, 0.15) is 11.5 Å². The topological polar surface area (TPSA) is 58.6 Å². The van der Waals surface area contributed by atoms with Crippen LogP contribution in [-0.4, -0.2) is 24.2 Å². The molecule has 4 heteroatoms. The number of aromatic hydroxyl groups is 1. The minimum Gasteiger partial charge on any atom is -0.508 e. The first kappa shape index (κ1) is 15.9. The van der Waals surface area contributed by atoms with Crippen LogP contribution >= 0.6 is 0 Å². The van der Waals surface area contributed by atoms with Crippen molar-refractivity contribution in [1.82, 2.24) is 5.32 Å². The molecule has 116 valence electrons. The van der Waals surface area contributed by atoms with E-state index in [0.717, 1.165) is 24.0 Å². The number of carbonyl (C=O) groups excluding carboxylic acids is 1. The van der Waals surface area contributed by atoms with Gasteiger partial charge in [-0.05, 0) is 55.2 Å². The van der Waals surface area contributed by atoms with Crippen LogP contribution in [0.15, 0.2) is 48.5 Å². The second kappa shape index (κ2) is 8.08. The zero-order valence-corrected chi connectivity index (χ0v) is 12.7. The van der Waals surface area contributed by atoms with Gasteiger partial charge in [0, 0.05) is 6.54 Å². The van der Waals surface area contributed by atoms with Gasteiger partial charge in [-0.15, -0.1) is 0 Å². The third kappa shape index (κ3) is 5.48. The number of rotatable bonds is 7. The van der Waals surface area contributed by atoms with Gasteiger partial charge >= 0.3 is 0 Å². The molecule has 0 saturated heterocycles. The average molecular weight is 299 g/mol. The Morgan fingerprint density at radius 3 is 2.77 bits per heavy atom. The van der Waals surface area contributed by atoms with Crippen molar-refractivity contribution in [3.8, 4) is 11.5 Å². The van der Waals surface area contributed by atoms with Gasteiger partial charge in [-0.25, -0.2) is 0 Å². The Bertz CT molecular complexity index is 625. The van der Waals surface area contributed by atoms with Gasteiger partial charge in [0.2, 0.25) is 0 Å². The first-order chi connectivity index (χ1) is 10.6. The Morgan fingerprint density at radius 1 is 1.18 bits per heavy atom. The van der Waals surface area contributed by atoms with Crippen LogP contribution in [0.5, 0.6) is 11.5 Å². The molecular weight excluding hydrogens is 278 g/mol. The van der Waals surface area contributed by atoms with E-state index in [9.17, 15) is 9.90 Å². The van der Waals surface area contributed by atoms with Gasteiger partial charge in [-0.2, -0.15) is 0 Å². The van der Waals surface area contributed by atoms with E-state index in [4.69, 9.17) is 4.74 Å². The maximum absolute atomic E-state index is 11.7. The number of aryl methyl sites for hydroxylation is 2. The molecule has 2 N–H and O–H groups in total. The van der Waals surface area contributed by atoms with Gasteiger partial charge in [-0.1, -0.05) is 24.3 Å². The highest BCUT2D eigenvalue weighted by Crippen LogP contribution is 2.13. The molecule has 0 aromatic heterocycles. The van der Waals surface area contributed by atoms with Crippen LogP contribution in [0.25, 0.3) is 0 Å². The standard InChI is InChI=1S/C18H21NO3/c1-14-5-2-9-17(11-14)22-13-18(21)19-10-4-7-15-6-3-8-16(20)12-15/h2-3,5-6,8-9,11-12,20H,4,7,10,13H2,1H3,(H,19,21). The highest BCUT2D eigenvalue weighted by molar-refractivity contribution is 5.77. The Balaban J connectivity index is 1.63. The van der Waals surface area contributed by atoms with Crippen molar-refractivity contribution in [2.75, 3.05) is 13.2 Å². The Morgan fingerprint density at radius 2 is 2.00 bits per heavy atom. The molecular formula is C18H21NO3.